The van der Waals surface area contributed by atoms with E-state index >= 15 is 0 Å². The predicted octanol–water partition coefficient (Wildman–Crippen LogP) is 1.33. The zero-order valence-electron chi connectivity index (χ0n) is 7.42. The van der Waals surface area contributed by atoms with Crippen LogP contribution >= 0.6 is 0 Å². The largest absolute Gasteiger partial charge is 0.369 e. The molecule has 0 atom stereocenters. The molecule has 0 heterocycles. The van der Waals surface area contributed by atoms with Crippen molar-refractivity contribution < 1.29 is 4.79 Å². The first-order valence-corrected chi connectivity index (χ1v) is 3.94. The molecule has 0 spiro atoms. The molecule has 2 heteroatoms. The molecule has 1 rings (SSSR count). The molecule has 0 aliphatic heterocycles. The molecule has 1 amide bonds. The lowest BCUT2D eigenvalue weighted by molar-refractivity contribution is -0.117. The molecule has 0 bridgehead atoms. The number of carbonyl (C=O) groups is 1. The first-order valence-electron chi connectivity index (χ1n) is 3.94. The molecule has 12 heavy (non-hydrogen) atoms. The fourth-order valence-electron chi connectivity index (χ4n) is 1.23. The third-order valence-electron chi connectivity index (χ3n) is 1.86. The van der Waals surface area contributed by atoms with Crippen LogP contribution in [0.2, 0.25) is 0 Å². The number of amides is 1. The SMILES string of the molecule is Cc1ccc(CC(N)=O)c(C)c1. The van der Waals surface area contributed by atoms with Gasteiger partial charge in [-0.05, 0) is 25.0 Å². The number of nitrogens with two attached hydrogens (primary N) is 1. The minimum Gasteiger partial charge on any atom is -0.369 e. The van der Waals surface area contributed by atoms with Crippen LogP contribution in [0.1, 0.15) is 16.7 Å². The van der Waals surface area contributed by atoms with Crippen LogP contribution in [-0.4, -0.2) is 5.91 Å². The van der Waals surface area contributed by atoms with Crippen LogP contribution in [0, 0.1) is 13.8 Å². The Labute approximate surface area is 72.4 Å². The molecule has 0 unspecified atom stereocenters. The second-order valence-electron chi connectivity index (χ2n) is 3.07. The van der Waals surface area contributed by atoms with Gasteiger partial charge < -0.3 is 5.73 Å². The fourth-order valence-corrected chi connectivity index (χ4v) is 1.23. The summed E-state index contributed by atoms with van der Waals surface area (Å²) >= 11 is 0. The number of hydrogen-bond acceptors (Lipinski definition) is 1. The van der Waals surface area contributed by atoms with Crippen LogP contribution in [0.3, 0.4) is 0 Å². The summed E-state index contributed by atoms with van der Waals surface area (Å²) in [5.41, 5.74) is 8.46. The quantitative estimate of drug-likeness (QED) is 0.702. The Hall–Kier alpha value is -1.31. The Morgan fingerprint density at radius 1 is 1.42 bits per heavy atom. The standard InChI is InChI=1S/C10H13NO/c1-7-3-4-9(6-10(11)12)8(2)5-7/h3-5H,6H2,1-2H3,(H2,11,12). The highest BCUT2D eigenvalue weighted by atomic mass is 16.1. The third-order valence-corrected chi connectivity index (χ3v) is 1.86. The highest BCUT2D eigenvalue weighted by Gasteiger charge is 2.01. The van der Waals surface area contributed by atoms with Gasteiger partial charge in [0.05, 0.1) is 6.42 Å². The molecule has 2 nitrogen and oxygen atoms in total. The van der Waals surface area contributed by atoms with Crippen molar-refractivity contribution in [1.29, 1.82) is 0 Å². The lowest BCUT2D eigenvalue weighted by Gasteiger charge is -2.03. The van der Waals surface area contributed by atoms with Crippen molar-refractivity contribution in [3.05, 3.63) is 34.9 Å². The van der Waals surface area contributed by atoms with Crippen molar-refractivity contribution in [2.75, 3.05) is 0 Å². The summed E-state index contributed by atoms with van der Waals surface area (Å²) in [4.78, 5) is 10.6. The summed E-state index contributed by atoms with van der Waals surface area (Å²) < 4.78 is 0. The molecule has 1 aromatic rings. The molecule has 0 saturated heterocycles. The highest BCUT2D eigenvalue weighted by Crippen LogP contribution is 2.10. The van der Waals surface area contributed by atoms with Gasteiger partial charge in [0.1, 0.15) is 0 Å². The van der Waals surface area contributed by atoms with E-state index in [-0.39, 0.29) is 5.91 Å². The van der Waals surface area contributed by atoms with Crippen LogP contribution in [0.4, 0.5) is 0 Å². The van der Waals surface area contributed by atoms with Gasteiger partial charge in [-0.1, -0.05) is 23.8 Å². The number of primary amides is 1. The molecule has 0 aliphatic carbocycles. The highest BCUT2D eigenvalue weighted by molar-refractivity contribution is 5.77. The third kappa shape index (κ3) is 2.09. The van der Waals surface area contributed by atoms with E-state index in [1.807, 2.05) is 26.0 Å². The molecule has 0 aromatic heterocycles. The van der Waals surface area contributed by atoms with Gasteiger partial charge in [-0.25, -0.2) is 0 Å². The summed E-state index contributed by atoms with van der Waals surface area (Å²) in [5, 5.41) is 0. The molecule has 0 saturated carbocycles. The molecule has 1 aromatic carbocycles. The van der Waals surface area contributed by atoms with Crippen LogP contribution < -0.4 is 5.73 Å². The summed E-state index contributed by atoms with van der Waals surface area (Å²) in [6.45, 7) is 4.02. The maximum atomic E-state index is 10.6. The summed E-state index contributed by atoms with van der Waals surface area (Å²) in [7, 11) is 0. The Morgan fingerprint density at radius 3 is 2.58 bits per heavy atom. The van der Waals surface area contributed by atoms with E-state index in [0.717, 1.165) is 11.1 Å². The second-order valence-corrected chi connectivity index (χ2v) is 3.07. The van der Waals surface area contributed by atoms with Crippen molar-refractivity contribution in [2.24, 2.45) is 5.73 Å². The minimum absolute atomic E-state index is 0.276. The fraction of sp³-hybridized carbons (Fsp3) is 0.300. The van der Waals surface area contributed by atoms with Crippen molar-refractivity contribution in [3.63, 3.8) is 0 Å². The number of aryl methyl sites for hydroxylation is 2. The molecule has 2 N–H and O–H groups in total. The van der Waals surface area contributed by atoms with Gasteiger partial charge in [-0.2, -0.15) is 0 Å². The average Bonchev–Trinajstić information content (AvgIpc) is 1.94. The zero-order valence-corrected chi connectivity index (χ0v) is 7.42. The second kappa shape index (κ2) is 3.39. The van der Waals surface area contributed by atoms with Gasteiger partial charge in [-0.15, -0.1) is 0 Å². The zero-order chi connectivity index (χ0) is 9.14. The Kier molecular flexibility index (Phi) is 2.48. The van der Waals surface area contributed by atoms with E-state index in [4.69, 9.17) is 5.73 Å². The smallest absolute Gasteiger partial charge is 0.221 e. The first kappa shape index (κ1) is 8.78. The number of hydrogen-bond donors (Lipinski definition) is 1. The Bertz CT molecular complexity index is 305. The van der Waals surface area contributed by atoms with Crippen molar-refractivity contribution >= 4 is 5.91 Å². The first-order chi connectivity index (χ1) is 5.59. The van der Waals surface area contributed by atoms with Gasteiger partial charge in [0.15, 0.2) is 0 Å². The topological polar surface area (TPSA) is 43.1 Å². The van der Waals surface area contributed by atoms with Crippen LogP contribution in [0.15, 0.2) is 18.2 Å². The predicted molar refractivity (Wildman–Crippen MR) is 48.8 cm³/mol. The van der Waals surface area contributed by atoms with Gasteiger partial charge in [-0.3, -0.25) is 4.79 Å². The summed E-state index contributed by atoms with van der Waals surface area (Å²) in [6.07, 6.45) is 0.339. The molecule has 0 radical (unpaired) electrons. The van der Waals surface area contributed by atoms with Gasteiger partial charge in [0.25, 0.3) is 0 Å². The van der Waals surface area contributed by atoms with E-state index in [0.29, 0.717) is 6.42 Å². The van der Waals surface area contributed by atoms with Crippen LogP contribution in [0.5, 0.6) is 0 Å². The van der Waals surface area contributed by atoms with E-state index in [9.17, 15) is 4.79 Å². The maximum absolute atomic E-state index is 10.6. The number of carbonyl (C=O) groups excluding carboxylic acids is 1. The van der Waals surface area contributed by atoms with Gasteiger partial charge in [0.2, 0.25) is 5.91 Å². The molecule has 0 fully saturated rings. The van der Waals surface area contributed by atoms with Crippen molar-refractivity contribution in [1.82, 2.24) is 0 Å². The lowest BCUT2D eigenvalue weighted by atomic mass is 10.0. The van der Waals surface area contributed by atoms with Crippen LogP contribution in [0.25, 0.3) is 0 Å². The summed E-state index contributed by atoms with van der Waals surface area (Å²) in [6, 6.07) is 6.00. The molecular weight excluding hydrogens is 150 g/mol. The number of benzene rings is 1. The maximum Gasteiger partial charge on any atom is 0.221 e. The average molecular weight is 163 g/mol. The number of rotatable bonds is 2. The van der Waals surface area contributed by atoms with E-state index in [1.165, 1.54) is 5.56 Å². The van der Waals surface area contributed by atoms with Crippen molar-refractivity contribution in [3.8, 4) is 0 Å². The van der Waals surface area contributed by atoms with E-state index < -0.39 is 0 Å². The van der Waals surface area contributed by atoms with E-state index in [2.05, 4.69) is 6.07 Å². The normalized spacial score (nSPS) is 9.83. The summed E-state index contributed by atoms with van der Waals surface area (Å²) in [5.74, 6) is -0.276. The molecule has 0 aliphatic rings. The molecular formula is C10H13NO. The Morgan fingerprint density at radius 2 is 2.08 bits per heavy atom. The van der Waals surface area contributed by atoms with Gasteiger partial charge in [0, 0.05) is 0 Å². The van der Waals surface area contributed by atoms with Crippen LogP contribution in [-0.2, 0) is 11.2 Å². The van der Waals surface area contributed by atoms with Gasteiger partial charge >= 0.3 is 0 Å². The van der Waals surface area contributed by atoms with E-state index in [1.54, 1.807) is 0 Å². The lowest BCUT2D eigenvalue weighted by Crippen LogP contribution is -2.14. The monoisotopic (exact) mass is 163 g/mol. The minimum atomic E-state index is -0.276. The molecule has 64 valence electrons. The Balaban J connectivity index is 2.93. The van der Waals surface area contributed by atoms with Crippen molar-refractivity contribution in [2.45, 2.75) is 20.3 Å².